The molecule has 88 valence electrons. The van der Waals surface area contributed by atoms with Crippen molar-refractivity contribution in [3.63, 3.8) is 0 Å². The molecule has 3 unspecified atom stereocenters. The molecule has 0 aliphatic carbocycles. The Kier molecular flexibility index (Phi) is 3.36. The summed E-state index contributed by atoms with van der Waals surface area (Å²) in [4.78, 5) is 2.50. The molecule has 2 rings (SSSR count). The van der Waals surface area contributed by atoms with Gasteiger partial charge in [-0.1, -0.05) is 26.7 Å². The van der Waals surface area contributed by atoms with Crippen molar-refractivity contribution in [1.29, 1.82) is 0 Å². The first kappa shape index (κ1) is 11.4. The third-order valence-electron chi connectivity index (χ3n) is 4.30. The molecule has 2 aliphatic heterocycles. The van der Waals surface area contributed by atoms with Crippen molar-refractivity contribution in [2.24, 2.45) is 5.92 Å². The molecule has 0 aromatic rings. The molecule has 2 heterocycles. The van der Waals surface area contributed by atoms with E-state index in [-0.39, 0.29) is 5.60 Å². The van der Waals surface area contributed by atoms with Crippen molar-refractivity contribution in [1.82, 2.24) is 4.90 Å². The minimum absolute atomic E-state index is 0.356. The molecule has 0 aromatic heterocycles. The maximum Gasteiger partial charge on any atom is 0.0816 e. The minimum Gasteiger partial charge on any atom is -0.388 e. The van der Waals surface area contributed by atoms with Gasteiger partial charge in [0.05, 0.1) is 5.60 Å². The van der Waals surface area contributed by atoms with E-state index in [0.717, 1.165) is 19.4 Å². The quantitative estimate of drug-likeness (QED) is 0.772. The molecule has 1 N–H and O–H groups in total. The van der Waals surface area contributed by atoms with Gasteiger partial charge in [0.25, 0.3) is 0 Å². The molecule has 0 aromatic carbocycles. The van der Waals surface area contributed by atoms with Crippen molar-refractivity contribution in [2.45, 2.75) is 64.0 Å². The fraction of sp³-hybridized carbons (Fsp3) is 1.00. The van der Waals surface area contributed by atoms with Gasteiger partial charge < -0.3 is 5.11 Å². The summed E-state index contributed by atoms with van der Waals surface area (Å²) in [6, 6.07) is 0.483. The Labute approximate surface area is 93.7 Å². The predicted molar refractivity (Wildman–Crippen MR) is 62.9 cm³/mol. The van der Waals surface area contributed by atoms with E-state index in [2.05, 4.69) is 18.7 Å². The number of rotatable bonds is 4. The molecule has 2 fully saturated rings. The Hall–Kier alpha value is -0.0800. The van der Waals surface area contributed by atoms with Crippen LogP contribution in [-0.4, -0.2) is 34.7 Å². The van der Waals surface area contributed by atoms with Gasteiger partial charge in [-0.05, 0) is 38.1 Å². The highest BCUT2D eigenvalue weighted by atomic mass is 16.3. The van der Waals surface area contributed by atoms with Crippen LogP contribution in [0.3, 0.4) is 0 Å². The number of hydrogen-bond acceptors (Lipinski definition) is 2. The van der Waals surface area contributed by atoms with E-state index >= 15 is 0 Å². The molecule has 3 atom stereocenters. The largest absolute Gasteiger partial charge is 0.388 e. The summed E-state index contributed by atoms with van der Waals surface area (Å²) in [5, 5.41) is 10.7. The van der Waals surface area contributed by atoms with Gasteiger partial charge in [0.15, 0.2) is 0 Å². The maximum atomic E-state index is 10.7. The van der Waals surface area contributed by atoms with Crippen LogP contribution < -0.4 is 0 Å². The molecular weight excluding hydrogens is 186 g/mol. The Morgan fingerprint density at radius 3 is 3.00 bits per heavy atom. The Morgan fingerprint density at radius 1 is 1.47 bits per heavy atom. The summed E-state index contributed by atoms with van der Waals surface area (Å²) in [5.41, 5.74) is -0.356. The first-order valence-corrected chi connectivity index (χ1v) is 6.62. The van der Waals surface area contributed by atoms with E-state index in [9.17, 15) is 5.11 Å². The van der Waals surface area contributed by atoms with Crippen molar-refractivity contribution in [2.75, 3.05) is 13.1 Å². The summed E-state index contributed by atoms with van der Waals surface area (Å²) in [7, 11) is 0. The summed E-state index contributed by atoms with van der Waals surface area (Å²) >= 11 is 0. The van der Waals surface area contributed by atoms with Crippen LogP contribution in [0.2, 0.25) is 0 Å². The number of fused-ring (bicyclic) bond motifs is 1. The van der Waals surface area contributed by atoms with Crippen LogP contribution in [0.15, 0.2) is 0 Å². The molecule has 2 heteroatoms. The fourth-order valence-corrected chi connectivity index (χ4v) is 3.64. The van der Waals surface area contributed by atoms with Crippen LogP contribution in [0, 0.1) is 5.92 Å². The molecule has 2 saturated heterocycles. The van der Waals surface area contributed by atoms with E-state index in [4.69, 9.17) is 0 Å². The van der Waals surface area contributed by atoms with Crippen molar-refractivity contribution < 1.29 is 5.11 Å². The van der Waals surface area contributed by atoms with E-state index in [0.29, 0.717) is 12.0 Å². The monoisotopic (exact) mass is 211 g/mol. The molecule has 0 bridgehead atoms. The average molecular weight is 211 g/mol. The SMILES string of the molecule is CCCC(C)CC1(O)CCN2CCCC21. The fourth-order valence-electron chi connectivity index (χ4n) is 3.64. The molecular formula is C13H25NO. The third-order valence-corrected chi connectivity index (χ3v) is 4.30. The zero-order valence-electron chi connectivity index (χ0n) is 10.2. The number of aliphatic hydroxyl groups is 1. The lowest BCUT2D eigenvalue weighted by atomic mass is 9.83. The Balaban J connectivity index is 1.94. The molecule has 15 heavy (non-hydrogen) atoms. The molecule has 0 saturated carbocycles. The Morgan fingerprint density at radius 2 is 2.27 bits per heavy atom. The second kappa shape index (κ2) is 4.42. The molecule has 2 nitrogen and oxygen atoms in total. The number of nitrogens with zero attached hydrogens (tertiary/aromatic N) is 1. The summed E-state index contributed by atoms with van der Waals surface area (Å²) in [6.45, 7) is 6.87. The van der Waals surface area contributed by atoms with Crippen molar-refractivity contribution >= 4 is 0 Å². The van der Waals surface area contributed by atoms with Crippen molar-refractivity contribution in [3.05, 3.63) is 0 Å². The first-order valence-electron chi connectivity index (χ1n) is 6.62. The Bertz CT molecular complexity index is 219. The van der Waals surface area contributed by atoms with Gasteiger partial charge in [0.2, 0.25) is 0 Å². The summed E-state index contributed by atoms with van der Waals surface area (Å²) < 4.78 is 0. The zero-order valence-corrected chi connectivity index (χ0v) is 10.2. The highest BCUT2D eigenvalue weighted by Gasteiger charge is 2.47. The molecule has 0 radical (unpaired) electrons. The normalized spacial score (nSPS) is 38.2. The summed E-state index contributed by atoms with van der Waals surface area (Å²) in [6.07, 6.45) is 7.03. The number of hydrogen-bond donors (Lipinski definition) is 1. The van der Waals surface area contributed by atoms with Gasteiger partial charge in [0.1, 0.15) is 0 Å². The predicted octanol–water partition coefficient (Wildman–Crippen LogP) is 2.41. The molecule has 2 aliphatic rings. The average Bonchev–Trinajstić information content (AvgIpc) is 2.71. The van der Waals surface area contributed by atoms with Crippen LogP contribution in [0.4, 0.5) is 0 Å². The van der Waals surface area contributed by atoms with Crippen LogP contribution in [0.25, 0.3) is 0 Å². The van der Waals surface area contributed by atoms with Gasteiger partial charge in [-0.3, -0.25) is 4.90 Å². The van der Waals surface area contributed by atoms with E-state index in [1.54, 1.807) is 0 Å². The van der Waals surface area contributed by atoms with Gasteiger partial charge in [0, 0.05) is 12.6 Å². The van der Waals surface area contributed by atoms with Crippen LogP contribution in [-0.2, 0) is 0 Å². The van der Waals surface area contributed by atoms with Gasteiger partial charge in [-0.25, -0.2) is 0 Å². The van der Waals surface area contributed by atoms with E-state index < -0.39 is 0 Å². The van der Waals surface area contributed by atoms with Crippen molar-refractivity contribution in [3.8, 4) is 0 Å². The van der Waals surface area contributed by atoms with E-state index in [1.807, 2.05) is 0 Å². The zero-order chi connectivity index (χ0) is 10.9. The smallest absolute Gasteiger partial charge is 0.0816 e. The minimum atomic E-state index is -0.356. The third kappa shape index (κ3) is 2.21. The first-order chi connectivity index (χ1) is 7.15. The maximum absolute atomic E-state index is 10.7. The topological polar surface area (TPSA) is 23.5 Å². The van der Waals surface area contributed by atoms with Gasteiger partial charge >= 0.3 is 0 Å². The molecule has 0 spiro atoms. The lowest BCUT2D eigenvalue weighted by molar-refractivity contribution is -0.00731. The molecule has 0 amide bonds. The lowest BCUT2D eigenvalue weighted by Crippen LogP contribution is -2.42. The van der Waals surface area contributed by atoms with Crippen LogP contribution in [0.1, 0.15) is 52.4 Å². The standard InChI is InChI=1S/C13H25NO/c1-3-5-11(2)10-13(15)7-9-14-8-4-6-12(13)14/h11-12,15H,3-10H2,1-2H3. The van der Waals surface area contributed by atoms with E-state index in [1.165, 1.54) is 32.2 Å². The van der Waals surface area contributed by atoms with Gasteiger partial charge in [-0.15, -0.1) is 0 Å². The lowest BCUT2D eigenvalue weighted by Gasteiger charge is -2.32. The highest BCUT2D eigenvalue weighted by Crippen LogP contribution is 2.40. The van der Waals surface area contributed by atoms with Crippen LogP contribution >= 0.6 is 0 Å². The van der Waals surface area contributed by atoms with Crippen LogP contribution in [0.5, 0.6) is 0 Å². The summed E-state index contributed by atoms with van der Waals surface area (Å²) in [5.74, 6) is 0.681. The highest BCUT2D eigenvalue weighted by molar-refractivity contribution is 5.02. The second-order valence-corrected chi connectivity index (χ2v) is 5.65. The van der Waals surface area contributed by atoms with Gasteiger partial charge in [-0.2, -0.15) is 0 Å². The second-order valence-electron chi connectivity index (χ2n) is 5.65.